The first-order chi connectivity index (χ1) is 16.8. The van der Waals surface area contributed by atoms with E-state index in [2.05, 4.69) is 15.6 Å². The molecule has 0 bridgehead atoms. The molecule has 0 saturated carbocycles. The first kappa shape index (κ1) is 23.7. The highest BCUT2D eigenvalue weighted by molar-refractivity contribution is 6.08. The summed E-state index contributed by atoms with van der Waals surface area (Å²) in [6.07, 6.45) is -2.67. The Hall–Kier alpha value is -4.46. The third-order valence-electron chi connectivity index (χ3n) is 5.19. The van der Waals surface area contributed by atoms with Gasteiger partial charge in [-0.25, -0.2) is 0 Å². The highest BCUT2D eigenvalue weighted by Crippen LogP contribution is 2.32. The number of alkyl halides is 3. The van der Waals surface area contributed by atoms with E-state index in [0.29, 0.717) is 33.8 Å². The molecule has 2 amide bonds. The largest absolute Gasteiger partial charge is 0.416 e. The summed E-state index contributed by atoms with van der Waals surface area (Å²) in [6.45, 7) is 0. The minimum atomic E-state index is -4.43. The number of carbonyl (C=O) groups excluding carboxylic acids is 2. The van der Waals surface area contributed by atoms with Gasteiger partial charge in [0.05, 0.1) is 12.0 Å². The predicted molar refractivity (Wildman–Crippen MR) is 128 cm³/mol. The molecule has 176 valence electrons. The molecule has 1 aromatic heterocycles. The quantitative estimate of drug-likeness (QED) is 0.349. The van der Waals surface area contributed by atoms with E-state index in [1.165, 1.54) is 12.1 Å². The molecule has 4 aromatic rings. The maximum absolute atomic E-state index is 12.9. The van der Waals surface area contributed by atoms with Crippen LogP contribution in [0.5, 0.6) is 0 Å². The normalized spacial score (nSPS) is 11.1. The number of nitrogens with one attached hydrogen (secondary N) is 2. The van der Waals surface area contributed by atoms with E-state index in [9.17, 15) is 22.8 Å². The summed E-state index contributed by atoms with van der Waals surface area (Å²) in [6, 6.07) is 23.3. The molecule has 0 aliphatic carbocycles. The molecule has 5 nitrogen and oxygen atoms in total. The summed E-state index contributed by atoms with van der Waals surface area (Å²) in [4.78, 5) is 29.2. The zero-order chi connectivity index (χ0) is 24.8. The van der Waals surface area contributed by atoms with Crippen molar-refractivity contribution in [1.29, 1.82) is 0 Å². The second-order valence-electron chi connectivity index (χ2n) is 7.70. The Morgan fingerprint density at radius 3 is 2.00 bits per heavy atom. The average molecular weight is 475 g/mol. The fourth-order valence-corrected chi connectivity index (χ4v) is 3.48. The van der Waals surface area contributed by atoms with E-state index >= 15 is 0 Å². The van der Waals surface area contributed by atoms with Gasteiger partial charge in [0.1, 0.15) is 0 Å². The number of hydrogen-bond donors (Lipinski definition) is 2. The van der Waals surface area contributed by atoms with Gasteiger partial charge in [-0.3, -0.25) is 14.6 Å². The van der Waals surface area contributed by atoms with Crippen molar-refractivity contribution in [1.82, 2.24) is 4.98 Å². The van der Waals surface area contributed by atoms with Crippen LogP contribution < -0.4 is 10.6 Å². The monoisotopic (exact) mass is 475 g/mol. The van der Waals surface area contributed by atoms with Crippen molar-refractivity contribution < 1.29 is 22.8 Å². The minimum Gasteiger partial charge on any atom is -0.326 e. The predicted octanol–water partition coefficient (Wildman–Crippen LogP) is 6.20. The molecular formula is C27H20F3N3O2. The Bertz CT molecular complexity index is 1320. The first-order valence-corrected chi connectivity index (χ1v) is 10.7. The Kier molecular flexibility index (Phi) is 6.91. The van der Waals surface area contributed by atoms with Gasteiger partial charge in [-0.2, -0.15) is 13.2 Å². The van der Waals surface area contributed by atoms with Crippen LogP contribution in [0.4, 0.5) is 24.5 Å². The number of hydrogen-bond acceptors (Lipinski definition) is 3. The van der Waals surface area contributed by atoms with Crippen molar-refractivity contribution in [3.63, 3.8) is 0 Å². The number of nitrogens with zero attached hydrogens (tertiary/aromatic N) is 1. The third-order valence-corrected chi connectivity index (χ3v) is 5.19. The van der Waals surface area contributed by atoms with Crippen molar-refractivity contribution in [2.24, 2.45) is 0 Å². The van der Waals surface area contributed by atoms with Gasteiger partial charge in [0.2, 0.25) is 5.91 Å². The lowest BCUT2D eigenvalue weighted by atomic mass is 9.98. The summed E-state index contributed by atoms with van der Waals surface area (Å²) in [5.74, 6) is -0.626. The summed E-state index contributed by atoms with van der Waals surface area (Å²) >= 11 is 0. The van der Waals surface area contributed by atoms with Crippen LogP contribution in [0.15, 0.2) is 97.2 Å². The number of halogens is 3. The van der Waals surface area contributed by atoms with Crippen LogP contribution in [-0.4, -0.2) is 16.8 Å². The minimum absolute atomic E-state index is 0.139. The maximum atomic E-state index is 12.9. The number of benzene rings is 3. The van der Waals surface area contributed by atoms with Gasteiger partial charge in [-0.05, 0) is 65.7 Å². The molecule has 0 fully saturated rings. The molecule has 8 heteroatoms. The molecular weight excluding hydrogens is 455 g/mol. The third kappa shape index (κ3) is 6.11. The molecule has 0 radical (unpaired) electrons. The van der Waals surface area contributed by atoms with Gasteiger partial charge < -0.3 is 10.6 Å². The Labute approximate surface area is 199 Å². The molecule has 0 spiro atoms. The number of anilines is 2. The van der Waals surface area contributed by atoms with E-state index in [4.69, 9.17) is 0 Å². The fourth-order valence-electron chi connectivity index (χ4n) is 3.48. The van der Waals surface area contributed by atoms with Crippen molar-refractivity contribution in [2.75, 3.05) is 10.6 Å². The molecule has 0 saturated heterocycles. The Morgan fingerprint density at radius 2 is 1.37 bits per heavy atom. The average Bonchev–Trinajstić information content (AvgIpc) is 2.85. The van der Waals surface area contributed by atoms with E-state index < -0.39 is 17.6 Å². The van der Waals surface area contributed by atoms with Crippen molar-refractivity contribution in [2.45, 2.75) is 12.6 Å². The lowest BCUT2D eigenvalue weighted by Crippen LogP contribution is -2.15. The number of rotatable bonds is 6. The molecule has 35 heavy (non-hydrogen) atoms. The van der Waals surface area contributed by atoms with Gasteiger partial charge in [0.15, 0.2) is 0 Å². The van der Waals surface area contributed by atoms with Crippen molar-refractivity contribution in [3.05, 3.63) is 114 Å². The van der Waals surface area contributed by atoms with E-state index in [-0.39, 0.29) is 12.3 Å². The second-order valence-corrected chi connectivity index (χ2v) is 7.70. The molecule has 1 heterocycles. The molecule has 4 rings (SSSR count). The molecule has 0 unspecified atom stereocenters. The lowest BCUT2D eigenvalue weighted by molar-refractivity contribution is -0.137. The van der Waals surface area contributed by atoms with Crippen LogP contribution in [-0.2, 0) is 17.4 Å². The summed E-state index contributed by atoms with van der Waals surface area (Å²) < 4.78 is 38.6. The molecule has 0 aliphatic rings. The summed E-state index contributed by atoms with van der Waals surface area (Å²) in [5.41, 5.74) is 2.29. The summed E-state index contributed by atoms with van der Waals surface area (Å²) in [7, 11) is 0. The highest BCUT2D eigenvalue weighted by atomic mass is 19.4. The van der Waals surface area contributed by atoms with Crippen molar-refractivity contribution in [3.8, 4) is 11.1 Å². The number of carbonyl (C=O) groups is 2. The number of aromatic nitrogens is 1. The van der Waals surface area contributed by atoms with E-state index in [1.54, 1.807) is 66.9 Å². The smallest absolute Gasteiger partial charge is 0.326 e. The molecule has 0 aliphatic heterocycles. The standard InChI is InChI=1S/C27H20F3N3O2/c28-27(29,30)19-10-8-18(9-11-19)23-6-1-2-7-24(23)26(35)33-21-14-12-20(13-15-21)32-25(34)17-22-5-3-4-16-31-22/h1-16H,17H2,(H,32,34)(H,33,35). The molecule has 0 atom stereocenters. The second kappa shape index (κ2) is 10.2. The number of amides is 2. The van der Waals surface area contributed by atoms with Crippen LogP contribution in [0.1, 0.15) is 21.6 Å². The SMILES string of the molecule is O=C(Cc1ccccn1)Nc1ccc(NC(=O)c2ccccc2-c2ccc(C(F)(F)F)cc2)cc1. The topological polar surface area (TPSA) is 71.1 Å². The van der Waals surface area contributed by atoms with Crippen LogP contribution in [0.2, 0.25) is 0 Å². The Balaban J connectivity index is 1.43. The van der Waals surface area contributed by atoms with E-state index in [0.717, 1.165) is 12.1 Å². The van der Waals surface area contributed by atoms with E-state index in [1.807, 2.05) is 6.07 Å². The van der Waals surface area contributed by atoms with Gasteiger partial charge in [0.25, 0.3) is 5.91 Å². The fraction of sp³-hybridized carbons (Fsp3) is 0.0741. The van der Waals surface area contributed by atoms with Crippen LogP contribution in [0.3, 0.4) is 0 Å². The van der Waals surface area contributed by atoms with Gasteiger partial charge >= 0.3 is 6.18 Å². The highest BCUT2D eigenvalue weighted by Gasteiger charge is 2.30. The summed E-state index contributed by atoms with van der Waals surface area (Å²) in [5, 5.41) is 5.56. The number of pyridine rings is 1. The zero-order valence-electron chi connectivity index (χ0n) is 18.3. The van der Waals surface area contributed by atoms with Gasteiger partial charge in [-0.15, -0.1) is 0 Å². The van der Waals surface area contributed by atoms with Crippen LogP contribution in [0.25, 0.3) is 11.1 Å². The van der Waals surface area contributed by atoms with Gasteiger partial charge in [-0.1, -0.05) is 36.4 Å². The Morgan fingerprint density at radius 1 is 0.743 bits per heavy atom. The molecule has 3 aromatic carbocycles. The zero-order valence-corrected chi connectivity index (χ0v) is 18.3. The van der Waals surface area contributed by atoms with Crippen molar-refractivity contribution >= 4 is 23.2 Å². The lowest BCUT2D eigenvalue weighted by Gasteiger charge is -2.12. The molecule has 2 N–H and O–H groups in total. The van der Waals surface area contributed by atoms with Crippen LogP contribution in [0, 0.1) is 0 Å². The maximum Gasteiger partial charge on any atom is 0.416 e. The first-order valence-electron chi connectivity index (χ1n) is 10.7. The van der Waals surface area contributed by atoms with Crippen LogP contribution >= 0.6 is 0 Å². The van der Waals surface area contributed by atoms with Gasteiger partial charge in [0, 0.05) is 28.8 Å².